The summed E-state index contributed by atoms with van der Waals surface area (Å²) in [6.45, 7) is 4.63. The number of methoxy groups -OCH3 is 1. The van der Waals surface area contributed by atoms with Crippen LogP contribution in [-0.2, 0) is 32.6 Å². The molecule has 0 saturated heterocycles. The van der Waals surface area contributed by atoms with E-state index in [4.69, 9.17) is 4.74 Å². The highest BCUT2D eigenvalue weighted by atomic mass is 32.2. The number of carbonyl (C=O) groups is 2. The summed E-state index contributed by atoms with van der Waals surface area (Å²) in [4.78, 5) is 29.0. The van der Waals surface area contributed by atoms with Crippen LogP contribution >= 0.6 is 0 Å². The van der Waals surface area contributed by atoms with Crippen LogP contribution in [0.25, 0.3) is 0 Å². The monoisotopic (exact) mass is 587 g/mol. The maximum atomic E-state index is 14.1. The molecule has 0 aliphatic rings. The minimum atomic E-state index is -4.12. The summed E-state index contributed by atoms with van der Waals surface area (Å²) in [5.41, 5.74) is 0.574. The van der Waals surface area contributed by atoms with Gasteiger partial charge in [0.05, 0.1) is 19.1 Å². The molecule has 1 N–H and O–H groups in total. The van der Waals surface area contributed by atoms with Crippen LogP contribution in [0.2, 0.25) is 0 Å². The quantitative estimate of drug-likeness (QED) is 0.361. The molecule has 0 aliphatic carbocycles. The van der Waals surface area contributed by atoms with E-state index in [1.165, 1.54) is 12.0 Å². The Bertz CT molecular complexity index is 1480. The molecule has 3 aromatic rings. The van der Waals surface area contributed by atoms with Gasteiger partial charge in [-0.25, -0.2) is 17.2 Å². The second-order valence-corrected chi connectivity index (χ2v) is 12.6. The Kier molecular flexibility index (Phi) is 10.1. The molecular formula is C30H35F2N3O5S. The van der Waals surface area contributed by atoms with Crippen LogP contribution in [-0.4, -0.2) is 56.6 Å². The van der Waals surface area contributed by atoms with Crippen LogP contribution in [0.5, 0.6) is 5.75 Å². The Morgan fingerprint density at radius 3 is 2.17 bits per heavy atom. The van der Waals surface area contributed by atoms with Gasteiger partial charge in [0.15, 0.2) is 11.6 Å². The first-order valence-corrected chi connectivity index (χ1v) is 14.7. The van der Waals surface area contributed by atoms with Gasteiger partial charge in [0.25, 0.3) is 0 Å². The van der Waals surface area contributed by atoms with Crippen molar-refractivity contribution in [3.05, 3.63) is 95.6 Å². The Labute approximate surface area is 240 Å². The first kappa shape index (κ1) is 31.5. The zero-order valence-electron chi connectivity index (χ0n) is 23.7. The molecule has 0 aliphatic heterocycles. The maximum absolute atomic E-state index is 14.1. The predicted molar refractivity (Wildman–Crippen MR) is 154 cm³/mol. The highest BCUT2D eigenvalue weighted by Crippen LogP contribution is 2.23. The molecule has 0 fully saturated rings. The lowest BCUT2D eigenvalue weighted by Gasteiger charge is -2.35. The number of hydrogen-bond donors (Lipinski definition) is 1. The number of carbonyl (C=O) groups excluding carboxylic acids is 2. The number of amides is 2. The van der Waals surface area contributed by atoms with Gasteiger partial charge in [-0.3, -0.25) is 13.9 Å². The molecule has 0 unspecified atom stereocenters. The van der Waals surface area contributed by atoms with Gasteiger partial charge in [0, 0.05) is 24.6 Å². The lowest BCUT2D eigenvalue weighted by atomic mass is 10.0. The van der Waals surface area contributed by atoms with E-state index in [1.54, 1.807) is 24.3 Å². The molecule has 0 bridgehead atoms. The first-order chi connectivity index (χ1) is 19.2. The number of rotatable bonds is 11. The molecule has 11 heteroatoms. The molecule has 0 radical (unpaired) electrons. The summed E-state index contributed by atoms with van der Waals surface area (Å²) in [5, 5.41) is 2.93. The van der Waals surface area contributed by atoms with Crippen LogP contribution in [0.3, 0.4) is 0 Å². The van der Waals surface area contributed by atoms with Crippen molar-refractivity contribution < 1.29 is 31.5 Å². The average Bonchev–Trinajstić information content (AvgIpc) is 2.90. The van der Waals surface area contributed by atoms with E-state index in [0.717, 1.165) is 24.0 Å². The summed E-state index contributed by atoms with van der Waals surface area (Å²) in [6, 6.07) is 17.6. The fourth-order valence-corrected chi connectivity index (χ4v) is 5.07. The van der Waals surface area contributed by atoms with Gasteiger partial charge >= 0.3 is 0 Å². The molecule has 2 amide bonds. The van der Waals surface area contributed by atoms with Gasteiger partial charge in [-0.1, -0.05) is 42.5 Å². The van der Waals surface area contributed by atoms with Crippen molar-refractivity contribution in [2.75, 3.05) is 24.2 Å². The average molecular weight is 588 g/mol. The third-order valence-electron chi connectivity index (χ3n) is 6.13. The predicted octanol–water partition coefficient (Wildman–Crippen LogP) is 4.29. The molecule has 3 aromatic carbocycles. The SMILES string of the molecule is COc1cccc(CN(C(=O)CN(c2ccc(F)c(F)c2)S(C)(=O)=O)[C@H](Cc2ccccc2)C(=O)NC(C)(C)C)c1. The minimum Gasteiger partial charge on any atom is -0.497 e. The molecule has 0 heterocycles. The number of hydrogen-bond acceptors (Lipinski definition) is 5. The van der Waals surface area contributed by atoms with Crippen LogP contribution < -0.4 is 14.4 Å². The van der Waals surface area contributed by atoms with E-state index < -0.39 is 51.6 Å². The third kappa shape index (κ3) is 9.01. The molecule has 1 atom stereocenters. The molecule has 220 valence electrons. The van der Waals surface area contributed by atoms with Crippen molar-refractivity contribution in [2.45, 2.75) is 45.3 Å². The summed E-state index contributed by atoms with van der Waals surface area (Å²) < 4.78 is 59.2. The number of nitrogens with one attached hydrogen (secondary N) is 1. The number of benzene rings is 3. The normalized spacial score (nSPS) is 12.4. The number of sulfonamides is 1. The van der Waals surface area contributed by atoms with Crippen molar-refractivity contribution in [3.8, 4) is 5.75 Å². The van der Waals surface area contributed by atoms with E-state index in [-0.39, 0.29) is 18.7 Å². The highest BCUT2D eigenvalue weighted by molar-refractivity contribution is 7.92. The van der Waals surface area contributed by atoms with Crippen molar-refractivity contribution in [1.82, 2.24) is 10.2 Å². The summed E-state index contributed by atoms with van der Waals surface area (Å²) >= 11 is 0. The largest absolute Gasteiger partial charge is 0.497 e. The van der Waals surface area contributed by atoms with Crippen molar-refractivity contribution in [2.24, 2.45) is 0 Å². The van der Waals surface area contributed by atoms with Crippen molar-refractivity contribution in [1.29, 1.82) is 0 Å². The number of nitrogens with zero attached hydrogens (tertiary/aromatic N) is 2. The molecule has 0 spiro atoms. The van der Waals surface area contributed by atoms with Crippen molar-refractivity contribution >= 4 is 27.5 Å². The number of anilines is 1. The fraction of sp³-hybridized carbons (Fsp3) is 0.333. The standard InChI is InChI=1S/C30H35F2N3O5S/c1-30(2,3)33-29(37)27(17-21-10-7-6-8-11-21)34(19-22-12-9-13-24(16-22)40-4)28(36)20-35(41(5,38)39)23-14-15-25(31)26(32)18-23/h6-16,18,27H,17,19-20H2,1-5H3,(H,33,37)/t27-/m1/s1. The molecule has 8 nitrogen and oxygen atoms in total. The summed E-state index contributed by atoms with van der Waals surface area (Å²) in [7, 11) is -2.61. The van der Waals surface area contributed by atoms with E-state index >= 15 is 0 Å². The zero-order chi connectivity index (χ0) is 30.4. The number of halogens is 2. The molecule has 3 rings (SSSR count). The van der Waals surface area contributed by atoms with Gasteiger partial charge in [-0.05, 0) is 56.2 Å². The second-order valence-electron chi connectivity index (χ2n) is 10.7. The van der Waals surface area contributed by atoms with E-state index in [0.29, 0.717) is 21.7 Å². The summed E-state index contributed by atoms with van der Waals surface area (Å²) in [5.74, 6) is -3.03. The molecule has 41 heavy (non-hydrogen) atoms. The first-order valence-electron chi connectivity index (χ1n) is 12.9. The Hall–Kier alpha value is -3.99. The van der Waals surface area contributed by atoms with Gasteiger partial charge < -0.3 is 15.0 Å². The Balaban J connectivity index is 2.10. The molecular weight excluding hydrogens is 552 g/mol. The Morgan fingerprint density at radius 1 is 0.927 bits per heavy atom. The van der Waals surface area contributed by atoms with Gasteiger partial charge in [0.1, 0.15) is 18.3 Å². The lowest BCUT2D eigenvalue weighted by Crippen LogP contribution is -2.56. The highest BCUT2D eigenvalue weighted by Gasteiger charge is 2.34. The molecule has 0 aromatic heterocycles. The van der Waals surface area contributed by atoms with Gasteiger partial charge in [0.2, 0.25) is 21.8 Å². The Morgan fingerprint density at radius 2 is 1.59 bits per heavy atom. The second kappa shape index (κ2) is 13.1. The third-order valence-corrected chi connectivity index (χ3v) is 7.27. The maximum Gasteiger partial charge on any atom is 0.244 e. The van der Waals surface area contributed by atoms with Crippen molar-refractivity contribution in [3.63, 3.8) is 0 Å². The van der Waals surface area contributed by atoms with E-state index in [1.807, 2.05) is 51.1 Å². The van der Waals surface area contributed by atoms with E-state index in [9.17, 15) is 26.8 Å². The zero-order valence-corrected chi connectivity index (χ0v) is 24.5. The van der Waals surface area contributed by atoms with Crippen LogP contribution in [0.4, 0.5) is 14.5 Å². The summed E-state index contributed by atoms with van der Waals surface area (Å²) in [6.07, 6.45) is 1.00. The fourth-order valence-electron chi connectivity index (χ4n) is 4.23. The smallest absolute Gasteiger partial charge is 0.244 e. The van der Waals surface area contributed by atoms with Crippen LogP contribution in [0, 0.1) is 11.6 Å². The van der Waals surface area contributed by atoms with E-state index in [2.05, 4.69) is 5.32 Å². The van der Waals surface area contributed by atoms with Gasteiger partial charge in [-0.2, -0.15) is 0 Å². The topological polar surface area (TPSA) is 96.0 Å². The lowest BCUT2D eigenvalue weighted by molar-refractivity contribution is -0.140. The van der Waals surface area contributed by atoms with Crippen LogP contribution in [0.1, 0.15) is 31.9 Å². The minimum absolute atomic E-state index is 0.0551. The number of ether oxygens (including phenoxy) is 1. The molecule has 0 saturated carbocycles. The van der Waals surface area contributed by atoms with Gasteiger partial charge in [-0.15, -0.1) is 0 Å². The van der Waals surface area contributed by atoms with Crippen LogP contribution in [0.15, 0.2) is 72.8 Å².